The van der Waals surface area contributed by atoms with Crippen LogP contribution in [0.5, 0.6) is 5.75 Å². The molecule has 0 aliphatic carbocycles. The Labute approximate surface area is 129 Å². The molecule has 0 spiro atoms. The van der Waals surface area contributed by atoms with Crippen molar-refractivity contribution in [2.24, 2.45) is 5.73 Å². The van der Waals surface area contributed by atoms with E-state index in [1.807, 2.05) is 13.0 Å². The number of hydrogen-bond donors (Lipinski definition) is 1. The van der Waals surface area contributed by atoms with Crippen molar-refractivity contribution in [2.45, 2.75) is 26.8 Å². The van der Waals surface area contributed by atoms with Crippen LogP contribution < -0.4 is 10.5 Å². The van der Waals surface area contributed by atoms with Gasteiger partial charge in [0.25, 0.3) is 0 Å². The Morgan fingerprint density at radius 2 is 1.70 bits per heavy atom. The molecule has 20 heavy (non-hydrogen) atoms. The van der Waals surface area contributed by atoms with Gasteiger partial charge in [0.1, 0.15) is 5.75 Å². The molecule has 1 unspecified atom stereocenters. The molecule has 2 aromatic rings. The van der Waals surface area contributed by atoms with Crippen molar-refractivity contribution < 1.29 is 4.74 Å². The van der Waals surface area contributed by atoms with Gasteiger partial charge in [0.2, 0.25) is 0 Å². The number of methoxy groups -OCH3 is 1. The molecule has 2 rings (SSSR count). The lowest BCUT2D eigenvalue weighted by atomic mass is 9.93. The maximum atomic E-state index is 6.46. The van der Waals surface area contributed by atoms with Crippen molar-refractivity contribution in [1.82, 2.24) is 0 Å². The average Bonchev–Trinajstić information content (AvgIpc) is 2.40. The molecule has 2 aromatic carbocycles. The Balaban J connectivity index is 2.52. The van der Waals surface area contributed by atoms with Gasteiger partial charge in [0, 0.05) is 10.0 Å². The van der Waals surface area contributed by atoms with Crippen molar-refractivity contribution in [2.75, 3.05) is 7.11 Å². The highest BCUT2D eigenvalue weighted by Gasteiger charge is 2.17. The molecule has 2 nitrogen and oxygen atoms in total. The number of aryl methyl sites for hydroxylation is 3. The third-order valence-corrected chi connectivity index (χ3v) is 4.46. The lowest BCUT2D eigenvalue weighted by Gasteiger charge is -2.19. The molecule has 0 saturated carbocycles. The predicted molar refractivity (Wildman–Crippen MR) is 87.4 cm³/mol. The molecular formula is C17H20BrNO. The summed E-state index contributed by atoms with van der Waals surface area (Å²) >= 11 is 3.57. The highest BCUT2D eigenvalue weighted by Crippen LogP contribution is 2.34. The third kappa shape index (κ3) is 2.89. The summed E-state index contributed by atoms with van der Waals surface area (Å²) < 4.78 is 6.54. The van der Waals surface area contributed by atoms with Crippen LogP contribution in [0.25, 0.3) is 0 Å². The van der Waals surface area contributed by atoms with E-state index in [1.165, 1.54) is 11.1 Å². The van der Waals surface area contributed by atoms with Crippen LogP contribution >= 0.6 is 15.9 Å². The first-order valence-corrected chi connectivity index (χ1v) is 7.40. The van der Waals surface area contributed by atoms with E-state index >= 15 is 0 Å². The molecule has 1 atom stereocenters. The van der Waals surface area contributed by atoms with E-state index in [0.29, 0.717) is 0 Å². The van der Waals surface area contributed by atoms with E-state index in [0.717, 1.165) is 26.9 Å². The van der Waals surface area contributed by atoms with Gasteiger partial charge >= 0.3 is 0 Å². The number of halogens is 1. The van der Waals surface area contributed by atoms with Crippen molar-refractivity contribution >= 4 is 15.9 Å². The average molecular weight is 334 g/mol. The van der Waals surface area contributed by atoms with E-state index in [-0.39, 0.29) is 6.04 Å². The Morgan fingerprint density at radius 1 is 1.00 bits per heavy atom. The van der Waals surface area contributed by atoms with Crippen LogP contribution in [-0.2, 0) is 0 Å². The summed E-state index contributed by atoms with van der Waals surface area (Å²) in [4.78, 5) is 0. The SMILES string of the molecule is COc1cc(C)c(Br)cc1C(N)c1ccc(C)cc1C. The summed E-state index contributed by atoms with van der Waals surface area (Å²) in [6.07, 6.45) is 0. The largest absolute Gasteiger partial charge is 0.496 e. The molecule has 0 bridgehead atoms. The zero-order chi connectivity index (χ0) is 14.9. The topological polar surface area (TPSA) is 35.2 Å². The number of benzene rings is 2. The van der Waals surface area contributed by atoms with E-state index in [9.17, 15) is 0 Å². The van der Waals surface area contributed by atoms with E-state index in [1.54, 1.807) is 7.11 Å². The number of hydrogen-bond acceptors (Lipinski definition) is 2. The second kappa shape index (κ2) is 5.98. The normalized spacial score (nSPS) is 12.3. The second-order valence-electron chi connectivity index (χ2n) is 5.18. The molecule has 0 saturated heterocycles. The summed E-state index contributed by atoms with van der Waals surface area (Å²) in [6.45, 7) is 6.22. The first kappa shape index (κ1) is 15.1. The summed E-state index contributed by atoms with van der Waals surface area (Å²) in [5.41, 5.74) is 12.2. The monoisotopic (exact) mass is 333 g/mol. The molecule has 0 aromatic heterocycles. The summed E-state index contributed by atoms with van der Waals surface area (Å²) in [5, 5.41) is 0. The first-order valence-electron chi connectivity index (χ1n) is 6.60. The van der Waals surface area contributed by atoms with Gasteiger partial charge in [-0.1, -0.05) is 39.7 Å². The van der Waals surface area contributed by atoms with Gasteiger partial charge in [0.05, 0.1) is 13.2 Å². The van der Waals surface area contributed by atoms with Crippen LogP contribution in [0.1, 0.15) is 33.9 Å². The molecule has 0 aliphatic rings. The summed E-state index contributed by atoms with van der Waals surface area (Å²) in [5.74, 6) is 0.832. The fraction of sp³-hybridized carbons (Fsp3) is 0.294. The zero-order valence-electron chi connectivity index (χ0n) is 12.3. The van der Waals surface area contributed by atoms with Crippen molar-refractivity contribution in [3.05, 3.63) is 62.6 Å². The number of nitrogens with two attached hydrogens (primary N) is 1. The fourth-order valence-electron chi connectivity index (χ4n) is 2.43. The third-order valence-electron chi connectivity index (χ3n) is 3.61. The second-order valence-corrected chi connectivity index (χ2v) is 6.04. The van der Waals surface area contributed by atoms with Crippen LogP contribution in [0.2, 0.25) is 0 Å². The fourth-order valence-corrected chi connectivity index (χ4v) is 2.79. The molecular weight excluding hydrogens is 314 g/mol. The lowest BCUT2D eigenvalue weighted by molar-refractivity contribution is 0.407. The van der Waals surface area contributed by atoms with Gasteiger partial charge in [-0.15, -0.1) is 0 Å². The molecule has 0 amide bonds. The van der Waals surface area contributed by atoms with Crippen LogP contribution in [0.4, 0.5) is 0 Å². The van der Waals surface area contributed by atoms with Crippen LogP contribution in [0.3, 0.4) is 0 Å². The maximum absolute atomic E-state index is 6.46. The zero-order valence-corrected chi connectivity index (χ0v) is 13.9. The highest BCUT2D eigenvalue weighted by molar-refractivity contribution is 9.10. The Hall–Kier alpha value is -1.32. The minimum absolute atomic E-state index is 0.192. The summed E-state index contributed by atoms with van der Waals surface area (Å²) in [6, 6.07) is 10.2. The van der Waals surface area contributed by atoms with Crippen LogP contribution in [0, 0.1) is 20.8 Å². The van der Waals surface area contributed by atoms with Gasteiger partial charge in [-0.05, 0) is 49.6 Å². The van der Waals surface area contributed by atoms with Crippen molar-refractivity contribution in [3.63, 3.8) is 0 Å². The highest BCUT2D eigenvalue weighted by atomic mass is 79.9. The van der Waals surface area contributed by atoms with Gasteiger partial charge in [-0.25, -0.2) is 0 Å². The smallest absolute Gasteiger partial charge is 0.124 e. The molecule has 106 valence electrons. The van der Waals surface area contributed by atoms with E-state index < -0.39 is 0 Å². The number of rotatable bonds is 3. The molecule has 3 heteroatoms. The van der Waals surface area contributed by atoms with Crippen molar-refractivity contribution in [1.29, 1.82) is 0 Å². The van der Waals surface area contributed by atoms with E-state index in [2.05, 4.69) is 54.0 Å². The molecule has 2 N–H and O–H groups in total. The Morgan fingerprint density at radius 3 is 2.30 bits per heavy atom. The van der Waals surface area contributed by atoms with Gasteiger partial charge in [0.15, 0.2) is 0 Å². The molecule has 0 aliphatic heterocycles. The quantitative estimate of drug-likeness (QED) is 0.901. The first-order chi connectivity index (χ1) is 9.43. The van der Waals surface area contributed by atoms with Gasteiger partial charge in [-0.2, -0.15) is 0 Å². The molecule has 0 heterocycles. The van der Waals surface area contributed by atoms with Gasteiger partial charge in [-0.3, -0.25) is 0 Å². The van der Waals surface area contributed by atoms with Crippen LogP contribution in [-0.4, -0.2) is 7.11 Å². The minimum Gasteiger partial charge on any atom is -0.496 e. The predicted octanol–water partition coefficient (Wildman–Crippen LogP) is 4.43. The van der Waals surface area contributed by atoms with Crippen molar-refractivity contribution in [3.8, 4) is 5.75 Å². The van der Waals surface area contributed by atoms with E-state index in [4.69, 9.17) is 10.5 Å². The number of ether oxygens (including phenoxy) is 1. The standard InChI is InChI=1S/C17H20BrNO/c1-10-5-6-13(11(2)7-10)17(19)14-9-15(18)12(3)8-16(14)20-4/h5-9,17H,19H2,1-4H3. The van der Waals surface area contributed by atoms with Crippen LogP contribution in [0.15, 0.2) is 34.8 Å². The molecule has 0 fully saturated rings. The Kier molecular flexibility index (Phi) is 4.51. The minimum atomic E-state index is -0.192. The lowest BCUT2D eigenvalue weighted by Crippen LogP contribution is -2.14. The summed E-state index contributed by atoms with van der Waals surface area (Å²) in [7, 11) is 1.68. The maximum Gasteiger partial charge on any atom is 0.124 e. The Bertz CT molecular complexity index is 637. The van der Waals surface area contributed by atoms with Gasteiger partial charge < -0.3 is 10.5 Å². The molecule has 0 radical (unpaired) electrons.